The van der Waals surface area contributed by atoms with E-state index in [0.29, 0.717) is 17.4 Å². The summed E-state index contributed by atoms with van der Waals surface area (Å²) in [6.07, 6.45) is 5.78. The molecular formula is C15H17N7. The molecule has 0 spiro atoms. The highest BCUT2D eigenvalue weighted by Gasteiger charge is 2.24. The molecule has 0 bridgehead atoms. The zero-order chi connectivity index (χ0) is 14.9. The Labute approximate surface area is 127 Å². The van der Waals surface area contributed by atoms with Crippen LogP contribution in [-0.2, 0) is 0 Å². The van der Waals surface area contributed by atoms with Gasteiger partial charge in [0, 0.05) is 37.1 Å². The van der Waals surface area contributed by atoms with E-state index in [1.807, 2.05) is 18.2 Å². The Morgan fingerprint density at radius 3 is 2.95 bits per heavy atom. The fourth-order valence-corrected chi connectivity index (χ4v) is 3.01. The van der Waals surface area contributed by atoms with Gasteiger partial charge in [0.2, 0.25) is 5.95 Å². The topological polar surface area (TPSA) is 96.6 Å². The van der Waals surface area contributed by atoms with Crippen molar-refractivity contribution in [2.24, 2.45) is 0 Å². The average Bonchev–Trinajstić information content (AvgIpc) is 2.96. The molecule has 3 aromatic rings. The summed E-state index contributed by atoms with van der Waals surface area (Å²) in [5, 5.41) is 7.81. The van der Waals surface area contributed by atoms with Gasteiger partial charge in [0.05, 0.1) is 5.39 Å². The Morgan fingerprint density at radius 1 is 1.23 bits per heavy atom. The lowest BCUT2D eigenvalue weighted by molar-refractivity contribution is 0.496. The van der Waals surface area contributed by atoms with Crippen LogP contribution in [0.4, 0.5) is 11.8 Å². The van der Waals surface area contributed by atoms with Gasteiger partial charge in [0.15, 0.2) is 5.65 Å². The minimum absolute atomic E-state index is 0.361. The van der Waals surface area contributed by atoms with E-state index in [4.69, 9.17) is 5.73 Å². The number of nitrogens with one attached hydrogen (secondary N) is 1. The van der Waals surface area contributed by atoms with Crippen LogP contribution >= 0.6 is 0 Å². The number of piperidine rings is 1. The molecule has 1 fully saturated rings. The molecule has 7 heteroatoms. The standard InChI is InChI=1S/C15H17N7/c16-13-11-4-5-12(19-14(11)21-20-13)10-3-1-8-22(9-10)15-17-6-2-7-18-15/h2,4-7,10H,1,3,8-9H2,(H3,16,19,20,21). The van der Waals surface area contributed by atoms with Gasteiger partial charge in [-0.2, -0.15) is 5.10 Å². The van der Waals surface area contributed by atoms with Crippen molar-refractivity contribution in [2.45, 2.75) is 18.8 Å². The molecule has 4 rings (SSSR count). The van der Waals surface area contributed by atoms with Crippen LogP contribution in [0.2, 0.25) is 0 Å². The number of nitrogens with zero attached hydrogens (tertiary/aromatic N) is 5. The summed E-state index contributed by atoms with van der Waals surface area (Å²) >= 11 is 0. The minimum atomic E-state index is 0.361. The molecular weight excluding hydrogens is 278 g/mol. The van der Waals surface area contributed by atoms with Gasteiger partial charge in [-0.15, -0.1) is 0 Å². The molecule has 1 unspecified atom stereocenters. The Kier molecular flexibility index (Phi) is 3.10. The number of nitrogens with two attached hydrogens (primary N) is 1. The van der Waals surface area contributed by atoms with E-state index < -0.39 is 0 Å². The molecule has 0 radical (unpaired) electrons. The first kappa shape index (κ1) is 13.0. The summed E-state index contributed by atoms with van der Waals surface area (Å²) in [7, 11) is 0. The van der Waals surface area contributed by atoms with E-state index >= 15 is 0 Å². The minimum Gasteiger partial charge on any atom is -0.384 e. The zero-order valence-electron chi connectivity index (χ0n) is 12.1. The molecule has 3 N–H and O–H groups in total. The number of rotatable bonds is 2. The summed E-state index contributed by atoms with van der Waals surface area (Å²) in [6.45, 7) is 1.86. The lowest BCUT2D eigenvalue weighted by Crippen LogP contribution is -2.35. The SMILES string of the molecule is Nc1[nH]nc2nc(C3CCCN(c4ncccn4)C3)ccc12. The number of nitrogen functional groups attached to an aromatic ring is 1. The number of aromatic nitrogens is 5. The summed E-state index contributed by atoms with van der Waals surface area (Å²) in [4.78, 5) is 15.6. The van der Waals surface area contributed by atoms with Gasteiger partial charge in [-0.25, -0.2) is 15.0 Å². The molecule has 7 nitrogen and oxygen atoms in total. The molecule has 0 amide bonds. The Morgan fingerprint density at radius 2 is 2.09 bits per heavy atom. The highest BCUT2D eigenvalue weighted by molar-refractivity contribution is 5.85. The Bertz CT molecular complexity index is 783. The van der Waals surface area contributed by atoms with Crippen molar-refractivity contribution in [3.05, 3.63) is 36.3 Å². The van der Waals surface area contributed by atoms with Gasteiger partial charge >= 0.3 is 0 Å². The smallest absolute Gasteiger partial charge is 0.225 e. The van der Waals surface area contributed by atoms with E-state index in [-0.39, 0.29) is 0 Å². The number of hydrogen-bond donors (Lipinski definition) is 2. The highest BCUT2D eigenvalue weighted by Crippen LogP contribution is 2.29. The van der Waals surface area contributed by atoms with Gasteiger partial charge in [-0.05, 0) is 31.0 Å². The van der Waals surface area contributed by atoms with E-state index in [2.05, 4.69) is 30.0 Å². The van der Waals surface area contributed by atoms with Crippen molar-refractivity contribution < 1.29 is 0 Å². The maximum absolute atomic E-state index is 5.82. The Hall–Kier alpha value is -2.70. The van der Waals surface area contributed by atoms with Crippen molar-refractivity contribution in [3.63, 3.8) is 0 Å². The van der Waals surface area contributed by atoms with Crippen molar-refractivity contribution in [1.29, 1.82) is 0 Å². The van der Waals surface area contributed by atoms with Gasteiger partial charge in [-0.1, -0.05) is 0 Å². The lowest BCUT2D eigenvalue weighted by atomic mass is 9.94. The van der Waals surface area contributed by atoms with Crippen LogP contribution in [0, 0.1) is 0 Å². The number of H-pyrrole nitrogens is 1. The molecule has 4 heterocycles. The van der Waals surface area contributed by atoms with Crippen LogP contribution in [0.3, 0.4) is 0 Å². The van der Waals surface area contributed by atoms with Crippen LogP contribution in [0.5, 0.6) is 0 Å². The number of anilines is 2. The van der Waals surface area contributed by atoms with Gasteiger partial charge < -0.3 is 10.6 Å². The predicted octanol–water partition coefficient (Wildman–Crippen LogP) is 1.71. The third kappa shape index (κ3) is 2.24. The zero-order valence-corrected chi connectivity index (χ0v) is 12.1. The van der Waals surface area contributed by atoms with Crippen molar-refractivity contribution in [2.75, 3.05) is 23.7 Å². The van der Waals surface area contributed by atoms with Crippen LogP contribution in [0.1, 0.15) is 24.5 Å². The fourth-order valence-electron chi connectivity index (χ4n) is 3.01. The predicted molar refractivity (Wildman–Crippen MR) is 84.5 cm³/mol. The molecule has 0 aliphatic carbocycles. The quantitative estimate of drug-likeness (QED) is 0.747. The average molecular weight is 295 g/mol. The molecule has 1 aliphatic rings. The largest absolute Gasteiger partial charge is 0.384 e. The van der Waals surface area contributed by atoms with Crippen LogP contribution < -0.4 is 10.6 Å². The second kappa shape index (κ2) is 5.25. The van der Waals surface area contributed by atoms with Gasteiger partial charge in [0.1, 0.15) is 5.82 Å². The van der Waals surface area contributed by atoms with Gasteiger partial charge in [0.25, 0.3) is 0 Å². The second-order valence-corrected chi connectivity index (χ2v) is 5.58. The maximum atomic E-state index is 5.82. The Balaban J connectivity index is 1.61. The third-order valence-electron chi connectivity index (χ3n) is 4.14. The van der Waals surface area contributed by atoms with Crippen molar-refractivity contribution in [1.82, 2.24) is 25.1 Å². The normalized spacial score (nSPS) is 18.7. The summed E-state index contributed by atoms with van der Waals surface area (Å²) in [5.74, 6) is 1.72. The van der Waals surface area contributed by atoms with Crippen molar-refractivity contribution in [3.8, 4) is 0 Å². The van der Waals surface area contributed by atoms with Crippen LogP contribution in [0.15, 0.2) is 30.6 Å². The monoisotopic (exact) mass is 295 g/mol. The molecule has 3 aromatic heterocycles. The summed E-state index contributed by atoms with van der Waals surface area (Å²) < 4.78 is 0. The maximum Gasteiger partial charge on any atom is 0.225 e. The third-order valence-corrected chi connectivity index (χ3v) is 4.14. The fraction of sp³-hybridized carbons (Fsp3) is 0.333. The first-order chi connectivity index (χ1) is 10.8. The van der Waals surface area contributed by atoms with Crippen LogP contribution in [-0.4, -0.2) is 38.2 Å². The summed E-state index contributed by atoms with van der Waals surface area (Å²) in [5.41, 5.74) is 7.56. The van der Waals surface area contributed by atoms with E-state index in [1.165, 1.54) is 0 Å². The molecule has 0 aromatic carbocycles. The number of aromatic amines is 1. The molecule has 1 aliphatic heterocycles. The summed E-state index contributed by atoms with van der Waals surface area (Å²) in [6, 6.07) is 5.88. The van der Waals surface area contributed by atoms with E-state index in [0.717, 1.165) is 43.0 Å². The second-order valence-electron chi connectivity index (χ2n) is 5.58. The lowest BCUT2D eigenvalue weighted by Gasteiger charge is -2.32. The number of fused-ring (bicyclic) bond motifs is 1. The number of hydrogen-bond acceptors (Lipinski definition) is 6. The molecule has 1 atom stereocenters. The highest BCUT2D eigenvalue weighted by atomic mass is 15.3. The van der Waals surface area contributed by atoms with E-state index in [9.17, 15) is 0 Å². The van der Waals surface area contributed by atoms with E-state index in [1.54, 1.807) is 12.4 Å². The molecule has 1 saturated heterocycles. The molecule has 22 heavy (non-hydrogen) atoms. The van der Waals surface area contributed by atoms with Crippen molar-refractivity contribution >= 4 is 22.8 Å². The van der Waals surface area contributed by atoms with Gasteiger partial charge in [-0.3, -0.25) is 5.10 Å². The van der Waals surface area contributed by atoms with Crippen LogP contribution in [0.25, 0.3) is 11.0 Å². The first-order valence-corrected chi connectivity index (χ1v) is 7.44. The molecule has 0 saturated carbocycles. The molecule has 112 valence electrons. The first-order valence-electron chi connectivity index (χ1n) is 7.44. The number of pyridine rings is 1.